The van der Waals surface area contributed by atoms with Gasteiger partial charge in [0.1, 0.15) is 11.9 Å². The maximum absolute atomic E-state index is 13.5. The van der Waals surface area contributed by atoms with Gasteiger partial charge in [0.2, 0.25) is 0 Å². The second-order valence-electron chi connectivity index (χ2n) is 6.00. The van der Waals surface area contributed by atoms with Gasteiger partial charge in [0, 0.05) is 13.1 Å². The van der Waals surface area contributed by atoms with Crippen LogP contribution in [0.1, 0.15) is 22.7 Å². The number of morpholine rings is 1. The molecule has 1 heterocycles. The van der Waals surface area contributed by atoms with Crippen molar-refractivity contribution in [1.29, 1.82) is 0 Å². The highest BCUT2D eigenvalue weighted by Crippen LogP contribution is 2.31. The molecule has 0 aliphatic carbocycles. The maximum Gasteiger partial charge on any atom is 0.126 e. The van der Waals surface area contributed by atoms with Crippen molar-refractivity contribution in [2.75, 3.05) is 19.8 Å². The van der Waals surface area contributed by atoms with E-state index in [0.717, 1.165) is 17.7 Å². The number of aliphatic hydroxyl groups is 1. The summed E-state index contributed by atoms with van der Waals surface area (Å²) in [4.78, 5) is 2.30. The monoisotopic (exact) mass is 315 g/mol. The van der Waals surface area contributed by atoms with E-state index in [1.165, 1.54) is 6.07 Å². The van der Waals surface area contributed by atoms with Crippen molar-refractivity contribution >= 4 is 0 Å². The number of nitrogens with zero attached hydrogens (tertiary/aromatic N) is 1. The van der Waals surface area contributed by atoms with E-state index in [1.807, 2.05) is 30.3 Å². The first-order valence-electron chi connectivity index (χ1n) is 7.95. The first-order chi connectivity index (χ1) is 11.2. The Kier molecular flexibility index (Phi) is 5.06. The molecule has 0 aromatic heterocycles. The smallest absolute Gasteiger partial charge is 0.126 e. The van der Waals surface area contributed by atoms with Crippen LogP contribution in [-0.4, -0.2) is 35.9 Å². The van der Waals surface area contributed by atoms with Crippen LogP contribution >= 0.6 is 0 Å². The molecule has 4 heteroatoms. The molecule has 0 amide bonds. The summed E-state index contributed by atoms with van der Waals surface area (Å²) in [5.74, 6) is -0.177. The summed E-state index contributed by atoms with van der Waals surface area (Å²) in [6.45, 7) is 3.85. The van der Waals surface area contributed by atoms with Crippen LogP contribution in [0.2, 0.25) is 0 Å². The van der Waals surface area contributed by atoms with Gasteiger partial charge in [-0.1, -0.05) is 42.5 Å². The molecule has 0 saturated carbocycles. The van der Waals surface area contributed by atoms with Crippen LogP contribution < -0.4 is 0 Å². The van der Waals surface area contributed by atoms with Crippen LogP contribution in [0, 0.1) is 12.7 Å². The first-order valence-corrected chi connectivity index (χ1v) is 7.95. The Labute approximate surface area is 136 Å². The predicted molar refractivity (Wildman–Crippen MR) is 87.6 cm³/mol. The second-order valence-corrected chi connectivity index (χ2v) is 6.00. The quantitative estimate of drug-likeness (QED) is 0.941. The van der Waals surface area contributed by atoms with Crippen LogP contribution in [-0.2, 0) is 11.3 Å². The summed E-state index contributed by atoms with van der Waals surface area (Å²) in [5.41, 5.74) is 2.86. The largest absolute Gasteiger partial charge is 0.394 e. The number of hydrogen-bond acceptors (Lipinski definition) is 3. The highest BCUT2D eigenvalue weighted by Gasteiger charge is 2.33. The van der Waals surface area contributed by atoms with E-state index in [2.05, 4.69) is 17.0 Å². The molecule has 0 bridgehead atoms. The van der Waals surface area contributed by atoms with Gasteiger partial charge in [0.05, 0.1) is 19.3 Å². The highest BCUT2D eigenvalue weighted by atomic mass is 19.1. The number of ether oxygens (including phenoxy) is 1. The zero-order valence-corrected chi connectivity index (χ0v) is 13.3. The van der Waals surface area contributed by atoms with Crippen molar-refractivity contribution in [2.24, 2.45) is 0 Å². The van der Waals surface area contributed by atoms with E-state index in [9.17, 15) is 9.50 Å². The maximum atomic E-state index is 13.5. The summed E-state index contributed by atoms with van der Waals surface area (Å²) < 4.78 is 19.2. The fourth-order valence-corrected chi connectivity index (χ4v) is 3.23. The van der Waals surface area contributed by atoms with Crippen molar-refractivity contribution in [3.63, 3.8) is 0 Å². The standard InChI is InChI=1S/C19H22FNO2/c1-14-11-15(7-8-17(14)20)12-21-9-10-23-18(13-22)19(21)16-5-3-2-4-6-16/h2-8,11,18-19,22H,9-10,12-13H2,1H3/t18-,19-/m1/s1. The minimum Gasteiger partial charge on any atom is -0.394 e. The van der Waals surface area contributed by atoms with Gasteiger partial charge in [-0.15, -0.1) is 0 Å². The predicted octanol–water partition coefficient (Wildman–Crippen LogP) is 3.07. The summed E-state index contributed by atoms with van der Waals surface area (Å²) >= 11 is 0. The fraction of sp³-hybridized carbons (Fsp3) is 0.368. The normalized spacial score (nSPS) is 22.2. The molecule has 2 aromatic rings. The molecule has 0 unspecified atom stereocenters. The molecule has 2 aromatic carbocycles. The molecule has 1 aliphatic rings. The van der Waals surface area contributed by atoms with Crippen LogP contribution in [0.25, 0.3) is 0 Å². The van der Waals surface area contributed by atoms with Gasteiger partial charge in [-0.2, -0.15) is 0 Å². The zero-order chi connectivity index (χ0) is 16.2. The van der Waals surface area contributed by atoms with Crippen molar-refractivity contribution in [3.05, 3.63) is 71.0 Å². The third kappa shape index (κ3) is 3.61. The minimum absolute atomic E-state index is 0.000286. The van der Waals surface area contributed by atoms with Crippen molar-refractivity contribution < 1.29 is 14.2 Å². The Morgan fingerprint density at radius 3 is 2.70 bits per heavy atom. The summed E-state index contributed by atoms with van der Waals surface area (Å²) in [7, 11) is 0. The van der Waals surface area contributed by atoms with E-state index >= 15 is 0 Å². The van der Waals surface area contributed by atoms with Gasteiger partial charge in [0.15, 0.2) is 0 Å². The highest BCUT2D eigenvalue weighted by molar-refractivity contribution is 5.25. The Balaban J connectivity index is 1.86. The van der Waals surface area contributed by atoms with Gasteiger partial charge >= 0.3 is 0 Å². The molecule has 1 N–H and O–H groups in total. The summed E-state index contributed by atoms with van der Waals surface area (Å²) in [6.07, 6.45) is -0.243. The van der Waals surface area contributed by atoms with E-state index in [1.54, 1.807) is 6.92 Å². The number of aryl methyl sites for hydroxylation is 1. The summed E-state index contributed by atoms with van der Waals surface area (Å²) in [5, 5.41) is 9.69. The third-order valence-corrected chi connectivity index (χ3v) is 4.39. The molecule has 0 spiro atoms. The van der Waals surface area contributed by atoms with Gasteiger partial charge in [-0.05, 0) is 29.7 Å². The average molecular weight is 315 g/mol. The van der Waals surface area contributed by atoms with Gasteiger partial charge in [-0.25, -0.2) is 4.39 Å². The number of aliphatic hydroxyl groups excluding tert-OH is 1. The van der Waals surface area contributed by atoms with Crippen LogP contribution in [0.5, 0.6) is 0 Å². The molecule has 1 saturated heterocycles. The van der Waals surface area contributed by atoms with Gasteiger partial charge < -0.3 is 9.84 Å². The Morgan fingerprint density at radius 1 is 1.22 bits per heavy atom. The fourth-order valence-electron chi connectivity index (χ4n) is 3.23. The lowest BCUT2D eigenvalue weighted by Crippen LogP contribution is -2.46. The molecular formula is C19H22FNO2. The molecule has 23 heavy (non-hydrogen) atoms. The number of rotatable bonds is 4. The SMILES string of the molecule is Cc1cc(CN2CCO[C@H](CO)[C@H]2c2ccccc2)ccc1F. The minimum atomic E-state index is -0.243. The topological polar surface area (TPSA) is 32.7 Å². The van der Waals surface area contributed by atoms with E-state index in [4.69, 9.17) is 4.74 Å². The number of hydrogen-bond donors (Lipinski definition) is 1. The van der Waals surface area contributed by atoms with Crippen LogP contribution in [0.3, 0.4) is 0 Å². The van der Waals surface area contributed by atoms with E-state index < -0.39 is 0 Å². The lowest BCUT2D eigenvalue weighted by molar-refractivity contribution is -0.0960. The van der Waals surface area contributed by atoms with Gasteiger partial charge in [-0.3, -0.25) is 4.90 Å². The average Bonchev–Trinajstić information content (AvgIpc) is 2.58. The van der Waals surface area contributed by atoms with Crippen LogP contribution in [0.4, 0.5) is 4.39 Å². The van der Waals surface area contributed by atoms with E-state index in [0.29, 0.717) is 18.7 Å². The molecule has 1 aliphatic heterocycles. The second kappa shape index (κ2) is 7.21. The van der Waals surface area contributed by atoms with Crippen molar-refractivity contribution in [3.8, 4) is 0 Å². The number of benzene rings is 2. The zero-order valence-electron chi connectivity index (χ0n) is 13.3. The Bertz CT molecular complexity index is 647. The lowest BCUT2D eigenvalue weighted by Gasteiger charge is -2.41. The first kappa shape index (κ1) is 16.1. The molecular weight excluding hydrogens is 293 g/mol. The number of halogens is 1. The molecule has 0 radical (unpaired) electrons. The molecule has 3 nitrogen and oxygen atoms in total. The molecule has 122 valence electrons. The van der Waals surface area contributed by atoms with Gasteiger partial charge in [0.25, 0.3) is 0 Å². The molecule has 3 rings (SSSR count). The Hall–Kier alpha value is -1.75. The lowest BCUT2D eigenvalue weighted by atomic mass is 9.97. The molecule has 2 atom stereocenters. The molecule has 1 fully saturated rings. The van der Waals surface area contributed by atoms with E-state index in [-0.39, 0.29) is 24.6 Å². The summed E-state index contributed by atoms with van der Waals surface area (Å²) in [6, 6.07) is 15.3. The third-order valence-electron chi connectivity index (χ3n) is 4.39. The van der Waals surface area contributed by atoms with Crippen molar-refractivity contribution in [1.82, 2.24) is 4.90 Å². The van der Waals surface area contributed by atoms with Crippen LogP contribution in [0.15, 0.2) is 48.5 Å². The van der Waals surface area contributed by atoms with Crippen molar-refractivity contribution in [2.45, 2.75) is 25.6 Å². The Morgan fingerprint density at radius 2 is 2.00 bits per heavy atom.